The van der Waals surface area contributed by atoms with Gasteiger partial charge >= 0.3 is 0 Å². The van der Waals surface area contributed by atoms with Gasteiger partial charge in [-0.1, -0.05) is 6.92 Å². The predicted octanol–water partition coefficient (Wildman–Crippen LogP) is 3.56. The molecule has 3 nitrogen and oxygen atoms in total. The van der Waals surface area contributed by atoms with Crippen LogP contribution in [0.5, 0.6) is 0 Å². The second-order valence-corrected chi connectivity index (χ2v) is 4.95. The fraction of sp³-hybridized carbons (Fsp3) is 0.231. The number of aryl methyl sites for hydroxylation is 2. The van der Waals surface area contributed by atoms with Crippen LogP contribution in [0.1, 0.15) is 18.2 Å². The van der Waals surface area contributed by atoms with Crippen LogP contribution in [0.3, 0.4) is 0 Å². The lowest BCUT2D eigenvalue weighted by Gasteiger charge is -1.95. The van der Waals surface area contributed by atoms with Crippen LogP contribution in [0, 0.1) is 6.92 Å². The number of imidazole rings is 1. The molecule has 0 atom stereocenters. The van der Waals surface area contributed by atoms with E-state index in [-0.39, 0.29) is 0 Å². The molecule has 3 rings (SSSR count). The summed E-state index contributed by atoms with van der Waals surface area (Å²) in [6.07, 6.45) is 1.03. The Balaban J connectivity index is 2.18. The van der Waals surface area contributed by atoms with Crippen molar-refractivity contribution >= 4 is 22.5 Å². The summed E-state index contributed by atoms with van der Waals surface area (Å²) in [4.78, 5) is 13.6. The van der Waals surface area contributed by atoms with Crippen LogP contribution in [0.2, 0.25) is 0 Å². The van der Waals surface area contributed by atoms with Gasteiger partial charge < -0.3 is 4.98 Å². The highest BCUT2D eigenvalue weighted by molar-refractivity contribution is 7.13. The number of aromatic nitrogens is 3. The van der Waals surface area contributed by atoms with Crippen molar-refractivity contribution in [3.05, 3.63) is 34.8 Å². The number of nitrogens with zero attached hydrogens (tertiary/aromatic N) is 2. The van der Waals surface area contributed by atoms with E-state index in [0.29, 0.717) is 0 Å². The molecule has 0 unspecified atom stereocenters. The highest BCUT2D eigenvalue weighted by atomic mass is 32.1. The van der Waals surface area contributed by atoms with E-state index in [0.717, 1.165) is 29.1 Å². The minimum atomic E-state index is 0.801. The molecule has 0 bridgehead atoms. The molecule has 0 aromatic carbocycles. The van der Waals surface area contributed by atoms with Gasteiger partial charge in [-0.2, -0.15) is 0 Å². The van der Waals surface area contributed by atoms with Crippen LogP contribution >= 0.6 is 11.3 Å². The lowest BCUT2D eigenvalue weighted by atomic mass is 10.2. The smallest absolute Gasteiger partial charge is 0.178 e. The first kappa shape index (κ1) is 10.5. The molecule has 3 aromatic heterocycles. The molecule has 3 aromatic rings. The fourth-order valence-electron chi connectivity index (χ4n) is 1.92. The van der Waals surface area contributed by atoms with Gasteiger partial charge in [-0.15, -0.1) is 11.3 Å². The van der Waals surface area contributed by atoms with Crippen molar-refractivity contribution in [2.75, 3.05) is 0 Å². The van der Waals surface area contributed by atoms with Crippen molar-refractivity contribution < 1.29 is 0 Å². The van der Waals surface area contributed by atoms with Crippen LogP contribution in [-0.2, 0) is 6.42 Å². The maximum atomic E-state index is 4.57. The Bertz CT molecular complexity index is 666. The van der Waals surface area contributed by atoms with Gasteiger partial charge in [0.1, 0.15) is 0 Å². The highest BCUT2D eigenvalue weighted by Gasteiger charge is 2.10. The zero-order valence-electron chi connectivity index (χ0n) is 9.82. The summed E-state index contributed by atoms with van der Waals surface area (Å²) >= 11 is 1.73. The quantitative estimate of drug-likeness (QED) is 0.747. The predicted molar refractivity (Wildman–Crippen MR) is 71.3 cm³/mol. The number of H-pyrrole nitrogens is 1. The van der Waals surface area contributed by atoms with Crippen molar-refractivity contribution in [3.8, 4) is 10.7 Å². The van der Waals surface area contributed by atoms with Gasteiger partial charge in [0.05, 0.1) is 10.4 Å². The van der Waals surface area contributed by atoms with E-state index in [1.54, 1.807) is 11.3 Å². The average molecular weight is 243 g/mol. The van der Waals surface area contributed by atoms with Crippen LogP contribution in [0.4, 0.5) is 0 Å². The molecule has 0 fully saturated rings. The molecule has 0 aliphatic carbocycles. The molecule has 0 radical (unpaired) electrons. The Morgan fingerprint density at radius 1 is 1.24 bits per heavy atom. The van der Waals surface area contributed by atoms with E-state index in [1.165, 1.54) is 10.4 Å². The molecule has 0 aliphatic rings. The molecular formula is C13H13N3S. The molecule has 0 spiro atoms. The SMILES string of the molecule is CCc1ccsc1-c1nc2nc(C)ccc2[nH]1. The molecule has 0 saturated heterocycles. The molecular weight excluding hydrogens is 230 g/mol. The first-order valence-corrected chi connectivity index (χ1v) is 6.56. The molecule has 0 saturated carbocycles. The third-order valence-electron chi connectivity index (χ3n) is 2.83. The van der Waals surface area contributed by atoms with Crippen LogP contribution in [-0.4, -0.2) is 15.0 Å². The Morgan fingerprint density at radius 3 is 2.94 bits per heavy atom. The number of rotatable bonds is 2. The summed E-state index contributed by atoms with van der Waals surface area (Å²) in [6, 6.07) is 6.19. The normalized spacial score (nSPS) is 11.2. The standard InChI is InChI=1S/C13H13N3S/c1-3-9-6-7-17-11(9)13-15-10-5-4-8(2)14-12(10)16-13/h4-7H,3H2,1-2H3,(H,14,15,16). The Morgan fingerprint density at radius 2 is 2.12 bits per heavy atom. The Kier molecular flexibility index (Phi) is 2.44. The van der Waals surface area contributed by atoms with Crippen molar-refractivity contribution in [2.24, 2.45) is 0 Å². The second-order valence-electron chi connectivity index (χ2n) is 4.04. The van der Waals surface area contributed by atoms with E-state index in [1.807, 2.05) is 19.1 Å². The number of fused-ring (bicyclic) bond motifs is 1. The Labute approximate surface area is 104 Å². The summed E-state index contributed by atoms with van der Waals surface area (Å²) in [6.45, 7) is 4.15. The summed E-state index contributed by atoms with van der Waals surface area (Å²) in [5, 5.41) is 2.11. The average Bonchev–Trinajstić information content (AvgIpc) is 2.93. The summed E-state index contributed by atoms with van der Waals surface area (Å²) < 4.78 is 0. The van der Waals surface area contributed by atoms with Crippen LogP contribution in [0.15, 0.2) is 23.6 Å². The van der Waals surface area contributed by atoms with Crippen molar-refractivity contribution in [2.45, 2.75) is 20.3 Å². The van der Waals surface area contributed by atoms with Crippen molar-refractivity contribution in [3.63, 3.8) is 0 Å². The van der Waals surface area contributed by atoms with Gasteiger partial charge in [0, 0.05) is 5.69 Å². The minimum absolute atomic E-state index is 0.801. The molecule has 0 aliphatic heterocycles. The van der Waals surface area contributed by atoms with Crippen molar-refractivity contribution in [1.29, 1.82) is 0 Å². The highest BCUT2D eigenvalue weighted by Crippen LogP contribution is 2.28. The summed E-state index contributed by atoms with van der Waals surface area (Å²) in [5.74, 6) is 0.935. The number of pyridine rings is 1. The molecule has 1 N–H and O–H groups in total. The second kappa shape index (κ2) is 3.96. The number of thiophene rings is 1. The third-order valence-corrected chi connectivity index (χ3v) is 3.79. The number of nitrogens with one attached hydrogen (secondary N) is 1. The number of hydrogen-bond acceptors (Lipinski definition) is 3. The first-order valence-electron chi connectivity index (χ1n) is 5.68. The van der Waals surface area contributed by atoms with E-state index < -0.39 is 0 Å². The molecule has 3 heterocycles. The van der Waals surface area contributed by atoms with Crippen LogP contribution < -0.4 is 0 Å². The van der Waals surface area contributed by atoms with Gasteiger partial charge in [0.15, 0.2) is 11.5 Å². The molecule has 0 amide bonds. The fourth-order valence-corrected chi connectivity index (χ4v) is 2.86. The maximum Gasteiger partial charge on any atom is 0.178 e. The van der Waals surface area contributed by atoms with Gasteiger partial charge in [0.2, 0.25) is 0 Å². The van der Waals surface area contributed by atoms with E-state index in [2.05, 4.69) is 33.3 Å². The van der Waals surface area contributed by atoms with Gasteiger partial charge in [-0.3, -0.25) is 0 Å². The first-order chi connectivity index (χ1) is 8.28. The lowest BCUT2D eigenvalue weighted by molar-refractivity contribution is 1.15. The topological polar surface area (TPSA) is 41.6 Å². The van der Waals surface area contributed by atoms with E-state index in [9.17, 15) is 0 Å². The monoisotopic (exact) mass is 243 g/mol. The number of aromatic amines is 1. The largest absolute Gasteiger partial charge is 0.336 e. The molecule has 4 heteroatoms. The summed E-state index contributed by atoms with van der Waals surface area (Å²) in [7, 11) is 0. The van der Waals surface area contributed by atoms with E-state index in [4.69, 9.17) is 0 Å². The van der Waals surface area contributed by atoms with Gasteiger partial charge in [-0.05, 0) is 42.5 Å². The molecule has 86 valence electrons. The van der Waals surface area contributed by atoms with E-state index >= 15 is 0 Å². The zero-order chi connectivity index (χ0) is 11.8. The summed E-state index contributed by atoms with van der Waals surface area (Å²) in [5.41, 5.74) is 4.14. The maximum absolute atomic E-state index is 4.57. The van der Waals surface area contributed by atoms with Crippen LogP contribution in [0.25, 0.3) is 21.9 Å². The van der Waals surface area contributed by atoms with Gasteiger partial charge in [-0.25, -0.2) is 9.97 Å². The Hall–Kier alpha value is -1.68. The molecule has 17 heavy (non-hydrogen) atoms. The lowest BCUT2D eigenvalue weighted by Crippen LogP contribution is -1.82. The minimum Gasteiger partial charge on any atom is -0.336 e. The zero-order valence-corrected chi connectivity index (χ0v) is 10.6. The van der Waals surface area contributed by atoms with Crippen molar-refractivity contribution in [1.82, 2.24) is 15.0 Å². The number of hydrogen-bond donors (Lipinski definition) is 1. The third kappa shape index (κ3) is 1.74. The van der Waals surface area contributed by atoms with Gasteiger partial charge in [0.25, 0.3) is 0 Å².